The van der Waals surface area contributed by atoms with Gasteiger partial charge in [-0.1, -0.05) is 43.0 Å². The van der Waals surface area contributed by atoms with E-state index in [1.54, 1.807) is 37.3 Å². The second-order valence-electron chi connectivity index (χ2n) is 7.54. The summed E-state index contributed by atoms with van der Waals surface area (Å²) in [4.78, 5) is 25.5. The van der Waals surface area contributed by atoms with E-state index in [-0.39, 0.29) is 11.5 Å². The summed E-state index contributed by atoms with van der Waals surface area (Å²) in [5.41, 5.74) is 2.25. The van der Waals surface area contributed by atoms with Crippen LogP contribution < -0.4 is 5.32 Å². The fourth-order valence-electron chi connectivity index (χ4n) is 3.43. The monoisotopic (exact) mass is 429 g/mol. The maximum absolute atomic E-state index is 13.3. The van der Waals surface area contributed by atoms with Gasteiger partial charge in [-0.25, -0.2) is 4.79 Å². The van der Waals surface area contributed by atoms with Gasteiger partial charge in [-0.05, 0) is 34.4 Å². The Labute approximate surface area is 185 Å². The quantitative estimate of drug-likeness (QED) is 0.550. The predicted octanol–water partition coefficient (Wildman–Crippen LogP) is 4.24. The van der Waals surface area contributed by atoms with Gasteiger partial charge in [0.05, 0.1) is 5.57 Å². The summed E-state index contributed by atoms with van der Waals surface area (Å²) < 4.78 is 2.68. The number of para-hydroxylation sites is 2. The SMILES string of the molecule is C=C(C)C(=O)NC1N=[N+](c2ccccc2)C(=O)C1=CC1=C(O)[N+](c2ccccc2)=NC1C. The molecule has 2 aliphatic rings. The molecule has 2 amide bonds. The summed E-state index contributed by atoms with van der Waals surface area (Å²) in [6.45, 7) is 7.04. The first-order valence-electron chi connectivity index (χ1n) is 10.1. The number of aliphatic hydroxyl groups is 1. The third-order valence-electron chi connectivity index (χ3n) is 5.13. The predicted molar refractivity (Wildman–Crippen MR) is 117 cm³/mol. The van der Waals surface area contributed by atoms with Gasteiger partial charge in [0.2, 0.25) is 23.4 Å². The van der Waals surface area contributed by atoms with Crippen molar-refractivity contribution in [3.05, 3.63) is 95.9 Å². The lowest BCUT2D eigenvalue weighted by Gasteiger charge is -2.07. The van der Waals surface area contributed by atoms with Gasteiger partial charge < -0.3 is 10.4 Å². The van der Waals surface area contributed by atoms with Crippen molar-refractivity contribution < 1.29 is 24.1 Å². The first-order chi connectivity index (χ1) is 15.4. The molecule has 8 heteroatoms. The standard InChI is InChI=1S/C24H21N5O3/c1-15(2)22(30)25-21-20(24(32)29(27-21)18-12-8-5-9-13-18)14-19-16(3)26-28(23(19)31)17-10-6-4-7-11-17/h4-14,16,21H,1H2,2-3H3/p+2. The Morgan fingerprint density at radius 1 is 1.03 bits per heavy atom. The minimum Gasteiger partial charge on any atom is -0.458 e. The van der Waals surface area contributed by atoms with Crippen LogP contribution in [0.4, 0.5) is 11.4 Å². The van der Waals surface area contributed by atoms with Crippen LogP contribution in [0.15, 0.2) is 106 Å². The minimum atomic E-state index is -0.926. The summed E-state index contributed by atoms with van der Waals surface area (Å²) in [5, 5.41) is 22.5. The highest BCUT2D eigenvalue weighted by atomic mass is 16.3. The lowest BCUT2D eigenvalue weighted by molar-refractivity contribution is -0.486. The van der Waals surface area contributed by atoms with Crippen molar-refractivity contribution in [2.45, 2.75) is 26.1 Å². The molecule has 0 aromatic heterocycles. The molecule has 0 fully saturated rings. The zero-order valence-electron chi connectivity index (χ0n) is 17.8. The van der Waals surface area contributed by atoms with Gasteiger partial charge in [-0.3, -0.25) is 4.79 Å². The highest BCUT2D eigenvalue weighted by Crippen LogP contribution is 2.31. The number of azo groups is 4. The number of nitrogens with zero attached hydrogens (tertiary/aromatic N) is 4. The Kier molecular flexibility index (Phi) is 5.59. The number of nitrogens with one attached hydrogen (secondary N) is 1. The number of aliphatic hydroxyl groups excluding tert-OH is 1. The Balaban J connectivity index is 1.75. The fraction of sp³-hybridized carbons (Fsp3) is 0.167. The van der Waals surface area contributed by atoms with Crippen molar-refractivity contribution in [1.29, 1.82) is 0 Å². The van der Waals surface area contributed by atoms with Gasteiger partial charge in [-0.15, -0.1) is 0 Å². The number of hydrogen-bond acceptors (Lipinski definition) is 5. The molecule has 4 rings (SSSR count). The zero-order valence-corrected chi connectivity index (χ0v) is 17.8. The van der Waals surface area contributed by atoms with Gasteiger partial charge in [0.15, 0.2) is 0 Å². The summed E-state index contributed by atoms with van der Waals surface area (Å²) in [6.07, 6.45) is 0.634. The highest BCUT2D eigenvalue weighted by molar-refractivity contribution is 5.96. The number of benzene rings is 2. The van der Waals surface area contributed by atoms with Crippen LogP contribution in [-0.2, 0) is 9.59 Å². The topological polar surface area (TPSA) is 97.1 Å². The van der Waals surface area contributed by atoms with Crippen LogP contribution in [0, 0.1) is 0 Å². The molecule has 2 aromatic carbocycles. The third kappa shape index (κ3) is 3.90. The van der Waals surface area contributed by atoms with Crippen molar-refractivity contribution in [2.24, 2.45) is 10.2 Å². The molecule has 0 saturated carbocycles. The molecule has 0 saturated heterocycles. The van der Waals surface area contributed by atoms with Crippen LogP contribution in [0.2, 0.25) is 0 Å². The fourth-order valence-corrected chi connectivity index (χ4v) is 3.43. The molecule has 32 heavy (non-hydrogen) atoms. The van der Waals surface area contributed by atoms with Gasteiger partial charge >= 0.3 is 11.8 Å². The van der Waals surface area contributed by atoms with Crippen LogP contribution >= 0.6 is 0 Å². The molecule has 2 aromatic rings. The second kappa shape index (κ2) is 8.50. The zero-order chi connectivity index (χ0) is 22.8. The number of carbonyl (C=O) groups excluding carboxylic acids is 2. The van der Waals surface area contributed by atoms with Crippen molar-refractivity contribution in [2.75, 3.05) is 0 Å². The van der Waals surface area contributed by atoms with E-state index in [4.69, 9.17) is 0 Å². The van der Waals surface area contributed by atoms with E-state index in [9.17, 15) is 14.7 Å². The molecule has 2 heterocycles. The van der Waals surface area contributed by atoms with E-state index < -0.39 is 24.0 Å². The van der Waals surface area contributed by atoms with E-state index >= 15 is 0 Å². The lowest BCUT2D eigenvalue weighted by atomic mass is 10.0. The summed E-state index contributed by atoms with van der Waals surface area (Å²) >= 11 is 0. The molecule has 2 atom stereocenters. The van der Waals surface area contributed by atoms with Gasteiger partial charge in [0.1, 0.15) is 11.6 Å². The average Bonchev–Trinajstić information content (AvgIpc) is 3.26. The van der Waals surface area contributed by atoms with Gasteiger partial charge in [0, 0.05) is 35.0 Å². The van der Waals surface area contributed by atoms with E-state index in [1.165, 1.54) is 9.39 Å². The van der Waals surface area contributed by atoms with Gasteiger partial charge in [-0.2, -0.15) is 0 Å². The molecule has 2 N–H and O–H groups in total. The Hall–Kier alpha value is -4.20. The number of carbonyl (C=O) groups is 2. The molecule has 2 aliphatic heterocycles. The third-order valence-corrected chi connectivity index (χ3v) is 5.13. The molecule has 160 valence electrons. The summed E-state index contributed by atoms with van der Waals surface area (Å²) in [6, 6.07) is 17.8. The highest BCUT2D eigenvalue weighted by Gasteiger charge is 2.44. The number of hydrogen-bond donors (Lipinski definition) is 2. The van der Waals surface area contributed by atoms with Crippen LogP contribution in [0.3, 0.4) is 0 Å². The second-order valence-corrected chi connectivity index (χ2v) is 7.54. The Bertz CT molecular complexity index is 1230. The van der Waals surface area contributed by atoms with Crippen LogP contribution in [-0.4, -0.2) is 38.5 Å². The van der Waals surface area contributed by atoms with Crippen LogP contribution in [0.1, 0.15) is 13.8 Å². The molecule has 2 unspecified atom stereocenters. The normalized spacial score (nSPS) is 21.6. The smallest absolute Gasteiger partial charge is 0.450 e. The van der Waals surface area contributed by atoms with Crippen LogP contribution in [0.5, 0.6) is 0 Å². The van der Waals surface area contributed by atoms with Crippen molar-refractivity contribution in [1.82, 2.24) is 5.32 Å². The summed E-state index contributed by atoms with van der Waals surface area (Å²) in [5.74, 6) is -0.887. The van der Waals surface area contributed by atoms with Crippen molar-refractivity contribution in [3.63, 3.8) is 0 Å². The van der Waals surface area contributed by atoms with E-state index in [0.29, 0.717) is 22.5 Å². The van der Waals surface area contributed by atoms with E-state index in [2.05, 4.69) is 22.1 Å². The lowest BCUT2D eigenvalue weighted by Crippen LogP contribution is -2.34. The Morgan fingerprint density at radius 3 is 2.16 bits per heavy atom. The largest absolute Gasteiger partial charge is 0.458 e. The molecular weight excluding hydrogens is 406 g/mol. The minimum absolute atomic E-state index is 0.0767. The molecular formula is C24H23N5O3+2. The Morgan fingerprint density at radius 2 is 1.59 bits per heavy atom. The molecule has 8 nitrogen and oxygen atoms in total. The molecule has 0 spiro atoms. The molecule has 0 aliphatic carbocycles. The van der Waals surface area contributed by atoms with Gasteiger partial charge in [0.25, 0.3) is 0 Å². The molecule has 0 radical (unpaired) electrons. The van der Waals surface area contributed by atoms with E-state index in [0.717, 1.165) is 0 Å². The molecule has 0 bridgehead atoms. The van der Waals surface area contributed by atoms with E-state index in [1.807, 2.05) is 43.3 Å². The summed E-state index contributed by atoms with van der Waals surface area (Å²) in [7, 11) is 0. The first-order valence-corrected chi connectivity index (χ1v) is 10.1. The number of amides is 2. The maximum Gasteiger partial charge on any atom is 0.450 e. The maximum atomic E-state index is 13.3. The van der Waals surface area contributed by atoms with Crippen molar-refractivity contribution in [3.8, 4) is 0 Å². The van der Waals surface area contributed by atoms with Crippen LogP contribution in [0.25, 0.3) is 0 Å². The number of rotatable bonds is 5. The first kappa shape index (κ1) is 21.0. The average molecular weight is 429 g/mol. The van der Waals surface area contributed by atoms with Crippen molar-refractivity contribution >= 4 is 23.2 Å².